The summed E-state index contributed by atoms with van der Waals surface area (Å²) in [5, 5.41) is 10.8. The average molecular weight is 314 g/mol. The standard InChI is InChI=1S/C19H26N2O2/c1-13(2)21-12-15(8-11-20-9-4-5-10-20)16-7-6-14(3)17(18(16)21)19(22)23/h6-7,12-13H,4-5,8-11H2,1-3H3,(H,22,23). The summed E-state index contributed by atoms with van der Waals surface area (Å²) in [6, 6.07) is 4.28. The van der Waals surface area contributed by atoms with E-state index in [9.17, 15) is 9.90 Å². The number of carbonyl (C=O) groups is 1. The van der Waals surface area contributed by atoms with Gasteiger partial charge in [-0.3, -0.25) is 0 Å². The lowest BCUT2D eigenvalue weighted by Crippen LogP contribution is -2.21. The van der Waals surface area contributed by atoms with Crippen LogP contribution >= 0.6 is 0 Å². The van der Waals surface area contributed by atoms with Crippen LogP contribution in [0.25, 0.3) is 10.9 Å². The van der Waals surface area contributed by atoms with Crippen LogP contribution < -0.4 is 0 Å². The predicted octanol–water partition coefficient (Wildman–Crippen LogP) is 3.87. The lowest BCUT2D eigenvalue weighted by Gasteiger charge is -2.13. The molecule has 0 amide bonds. The Balaban J connectivity index is 2.05. The molecule has 1 N–H and O–H groups in total. The first-order chi connectivity index (χ1) is 11.0. The number of aromatic carboxylic acids is 1. The van der Waals surface area contributed by atoms with Crippen molar-refractivity contribution < 1.29 is 9.90 Å². The Morgan fingerprint density at radius 2 is 1.96 bits per heavy atom. The Bertz CT molecular complexity index is 725. The number of nitrogens with zero attached hydrogens (tertiary/aromatic N) is 2. The van der Waals surface area contributed by atoms with Crippen molar-refractivity contribution in [3.8, 4) is 0 Å². The Kier molecular flexibility index (Phi) is 4.44. The number of aromatic nitrogens is 1. The molecule has 4 nitrogen and oxygen atoms in total. The van der Waals surface area contributed by atoms with Gasteiger partial charge in [0.25, 0.3) is 0 Å². The number of hydrogen-bond acceptors (Lipinski definition) is 2. The van der Waals surface area contributed by atoms with Gasteiger partial charge >= 0.3 is 5.97 Å². The third kappa shape index (κ3) is 3.00. The molecular weight excluding hydrogens is 288 g/mol. The molecule has 0 atom stereocenters. The summed E-state index contributed by atoms with van der Waals surface area (Å²) in [5.74, 6) is -0.834. The van der Waals surface area contributed by atoms with E-state index in [1.165, 1.54) is 31.5 Å². The molecule has 0 radical (unpaired) electrons. The molecule has 1 fully saturated rings. The average Bonchev–Trinajstić information content (AvgIpc) is 3.11. The van der Waals surface area contributed by atoms with Crippen LogP contribution in [0, 0.1) is 6.92 Å². The fourth-order valence-corrected chi connectivity index (χ4v) is 3.68. The first-order valence-electron chi connectivity index (χ1n) is 8.57. The normalized spacial score (nSPS) is 15.8. The van der Waals surface area contributed by atoms with Crippen LogP contribution in [-0.4, -0.2) is 40.2 Å². The monoisotopic (exact) mass is 314 g/mol. The summed E-state index contributed by atoms with van der Waals surface area (Å²) in [6.07, 6.45) is 5.75. The molecule has 23 heavy (non-hydrogen) atoms. The second kappa shape index (κ2) is 6.36. The van der Waals surface area contributed by atoms with E-state index >= 15 is 0 Å². The van der Waals surface area contributed by atoms with Crippen LogP contribution in [-0.2, 0) is 6.42 Å². The maximum Gasteiger partial charge on any atom is 0.338 e. The number of aryl methyl sites for hydroxylation is 1. The second-order valence-electron chi connectivity index (χ2n) is 6.91. The smallest absolute Gasteiger partial charge is 0.338 e. The minimum absolute atomic E-state index is 0.248. The fraction of sp³-hybridized carbons (Fsp3) is 0.526. The van der Waals surface area contributed by atoms with Gasteiger partial charge in [-0.1, -0.05) is 12.1 Å². The fourth-order valence-electron chi connectivity index (χ4n) is 3.68. The summed E-state index contributed by atoms with van der Waals surface area (Å²) in [7, 11) is 0. The SMILES string of the molecule is Cc1ccc2c(CCN3CCCC3)cn(C(C)C)c2c1C(=O)O. The minimum Gasteiger partial charge on any atom is -0.478 e. The van der Waals surface area contributed by atoms with E-state index < -0.39 is 5.97 Å². The van der Waals surface area contributed by atoms with E-state index in [1.54, 1.807) is 0 Å². The Labute approximate surface area is 137 Å². The number of benzene rings is 1. The number of likely N-dealkylation sites (tertiary alicyclic amines) is 1. The Morgan fingerprint density at radius 3 is 2.57 bits per heavy atom. The van der Waals surface area contributed by atoms with Crippen LogP contribution in [0.3, 0.4) is 0 Å². The molecule has 2 aromatic rings. The van der Waals surface area contributed by atoms with Gasteiger partial charge in [0.2, 0.25) is 0 Å². The molecular formula is C19H26N2O2. The van der Waals surface area contributed by atoms with Crippen molar-refractivity contribution in [1.82, 2.24) is 9.47 Å². The molecule has 124 valence electrons. The number of rotatable bonds is 5. The highest BCUT2D eigenvalue weighted by atomic mass is 16.4. The summed E-state index contributed by atoms with van der Waals surface area (Å²) in [6.45, 7) is 9.55. The highest BCUT2D eigenvalue weighted by Gasteiger charge is 2.20. The van der Waals surface area contributed by atoms with Crippen molar-refractivity contribution in [3.63, 3.8) is 0 Å². The van der Waals surface area contributed by atoms with E-state index in [0.717, 1.165) is 29.4 Å². The molecule has 0 unspecified atom stereocenters. The third-order valence-electron chi connectivity index (χ3n) is 4.95. The van der Waals surface area contributed by atoms with Crippen molar-refractivity contribution >= 4 is 16.9 Å². The zero-order chi connectivity index (χ0) is 16.6. The molecule has 1 aliphatic heterocycles. The Hall–Kier alpha value is -1.81. The van der Waals surface area contributed by atoms with E-state index in [2.05, 4.69) is 35.6 Å². The molecule has 0 bridgehead atoms. The van der Waals surface area contributed by atoms with Crippen LogP contribution in [0.2, 0.25) is 0 Å². The molecule has 2 heterocycles. The highest BCUT2D eigenvalue weighted by molar-refractivity contribution is 6.04. The van der Waals surface area contributed by atoms with Crippen LogP contribution in [0.1, 0.15) is 54.2 Å². The van der Waals surface area contributed by atoms with Crippen molar-refractivity contribution in [2.75, 3.05) is 19.6 Å². The van der Waals surface area contributed by atoms with Crippen molar-refractivity contribution in [2.24, 2.45) is 0 Å². The van der Waals surface area contributed by atoms with E-state index in [4.69, 9.17) is 0 Å². The maximum atomic E-state index is 11.8. The summed E-state index contributed by atoms with van der Waals surface area (Å²) in [4.78, 5) is 14.3. The second-order valence-corrected chi connectivity index (χ2v) is 6.91. The predicted molar refractivity (Wildman–Crippen MR) is 93.4 cm³/mol. The van der Waals surface area contributed by atoms with Gasteiger partial charge in [-0.15, -0.1) is 0 Å². The number of carboxylic acid groups (broad SMARTS) is 1. The first kappa shape index (κ1) is 16.1. The first-order valence-corrected chi connectivity index (χ1v) is 8.57. The lowest BCUT2D eigenvalue weighted by molar-refractivity contribution is 0.0698. The molecule has 1 aromatic heterocycles. The molecule has 1 aromatic carbocycles. The minimum atomic E-state index is -0.834. The van der Waals surface area contributed by atoms with Crippen molar-refractivity contribution in [3.05, 3.63) is 35.0 Å². The summed E-state index contributed by atoms with van der Waals surface area (Å²) >= 11 is 0. The van der Waals surface area contributed by atoms with Crippen LogP contribution in [0.15, 0.2) is 18.3 Å². The number of hydrogen-bond donors (Lipinski definition) is 1. The quantitative estimate of drug-likeness (QED) is 0.911. The highest BCUT2D eigenvalue weighted by Crippen LogP contribution is 2.30. The number of carboxylic acids is 1. The summed E-state index contributed by atoms with van der Waals surface area (Å²) < 4.78 is 2.13. The zero-order valence-electron chi connectivity index (χ0n) is 14.3. The van der Waals surface area contributed by atoms with Crippen LogP contribution in [0.5, 0.6) is 0 Å². The molecule has 1 aliphatic rings. The van der Waals surface area contributed by atoms with Gasteiger partial charge in [-0.05, 0) is 64.3 Å². The van der Waals surface area contributed by atoms with E-state index in [1.807, 2.05) is 13.0 Å². The Morgan fingerprint density at radius 1 is 1.26 bits per heavy atom. The molecule has 4 heteroatoms. The lowest BCUT2D eigenvalue weighted by atomic mass is 10.0. The van der Waals surface area contributed by atoms with Gasteiger partial charge < -0.3 is 14.6 Å². The molecule has 0 aliphatic carbocycles. The van der Waals surface area contributed by atoms with Crippen molar-refractivity contribution in [2.45, 2.75) is 46.1 Å². The van der Waals surface area contributed by atoms with Gasteiger partial charge in [0.05, 0.1) is 11.1 Å². The van der Waals surface area contributed by atoms with Gasteiger partial charge in [0.1, 0.15) is 0 Å². The van der Waals surface area contributed by atoms with Crippen LogP contribution in [0.4, 0.5) is 0 Å². The molecule has 0 saturated carbocycles. The van der Waals surface area contributed by atoms with Gasteiger partial charge in [0.15, 0.2) is 0 Å². The maximum absolute atomic E-state index is 11.8. The third-order valence-corrected chi connectivity index (χ3v) is 4.95. The summed E-state index contributed by atoms with van der Waals surface area (Å²) in [5.41, 5.74) is 3.42. The number of fused-ring (bicyclic) bond motifs is 1. The molecule has 0 spiro atoms. The van der Waals surface area contributed by atoms with Gasteiger partial charge in [-0.25, -0.2) is 4.79 Å². The molecule has 3 rings (SSSR count). The van der Waals surface area contributed by atoms with Crippen molar-refractivity contribution in [1.29, 1.82) is 0 Å². The van der Waals surface area contributed by atoms with E-state index in [0.29, 0.717) is 5.56 Å². The topological polar surface area (TPSA) is 45.5 Å². The van der Waals surface area contributed by atoms with E-state index in [-0.39, 0.29) is 6.04 Å². The van der Waals surface area contributed by atoms with Gasteiger partial charge in [-0.2, -0.15) is 0 Å². The molecule has 1 saturated heterocycles. The largest absolute Gasteiger partial charge is 0.478 e. The van der Waals surface area contributed by atoms with Gasteiger partial charge in [0, 0.05) is 24.2 Å². The zero-order valence-corrected chi connectivity index (χ0v) is 14.3.